The highest BCUT2D eigenvalue weighted by molar-refractivity contribution is 5.28. The highest BCUT2D eigenvalue weighted by Crippen LogP contribution is 2.29. The van der Waals surface area contributed by atoms with E-state index in [1.807, 2.05) is 11.7 Å². The average molecular weight is 298 g/mol. The lowest BCUT2D eigenvalue weighted by atomic mass is 10.1. The number of hydrogen-bond acceptors (Lipinski definition) is 6. The van der Waals surface area contributed by atoms with Crippen LogP contribution in [0.1, 0.15) is 18.2 Å². The van der Waals surface area contributed by atoms with Gasteiger partial charge in [0.25, 0.3) is 0 Å². The maximum absolute atomic E-state index is 5.55. The Hall–Kier alpha value is -1.15. The fraction of sp³-hybridized carbons (Fsp3) is 0.786. The highest BCUT2D eigenvalue weighted by atomic mass is 16.7. The van der Waals surface area contributed by atoms with Crippen molar-refractivity contribution in [3.05, 3.63) is 11.9 Å². The molecule has 0 radical (unpaired) electrons. The molecular weight excluding hydrogens is 272 g/mol. The molecule has 120 valence electrons. The topological polar surface area (TPSA) is 60.8 Å². The van der Waals surface area contributed by atoms with Crippen LogP contribution in [-0.2, 0) is 16.0 Å². The van der Waals surface area contributed by atoms with Crippen molar-refractivity contribution in [1.29, 1.82) is 0 Å². The second-order valence-corrected chi connectivity index (χ2v) is 5.37. The Kier molecular flexibility index (Phi) is 5.98. The molecule has 2 heterocycles. The quantitative estimate of drug-likeness (QED) is 0.753. The van der Waals surface area contributed by atoms with Crippen LogP contribution >= 0.6 is 0 Å². The summed E-state index contributed by atoms with van der Waals surface area (Å²) in [7, 11) is 7.71. The van der Waals surface area contributed by atoms with Gasteiger partial charge in [-0.15, -0.1) is 0 Å². The second kappa shape index (κ2) is 7.74. The van der Waals surface area contributed by atoms with Crippen molar-refractivity contribution in [2.45, 2.75) is 25.3 Å². The van der Waals surface area contributed by atoms with Crippen LogP contribution in [0, 0.1) is 0 Å². The van der Waals surface area contributed by atoms with Crippen molar-refractivity contribution < 1.29 is 14.2 Å². The maximum atomic E-state index is 5.55. The van der Waals surface area contributed by atoms with Crippen LogP contribution in [0.5, 0.6) is 5.75 Å². The van der Waals surface area contributed by atoms with Gasteiger partial charge in [0.15, 0.2) is 12.0 Å². The van der Waals surface area contributed by atoms with Crippen LogP contribution in [0.3, 0.4) is 0 Å². The van der Waals surface area contributed by atoms with Gasteiger partial charge in [-0.1, -0.05) is 0 Å². The van der Waals surface area contributed by atoms with Crippen molar-refractivity contribution in [1.82, 2.24) is 20.0 Å². The average Bonchev–Trinajstić information content (AvgIpc) is 3.11. The molecule has 1 aliphatic heterocycles. The molecule has 1 N–H and O–H groups in total. The molecule has 1 aliphatic rings. The second-order valence-electron chi connectivity index (χ2n) is 5.37. The Morgan fingerprint density at radius 3 is 2.76 bits per heavy atom. The largest absolute Gasteiger partial charge is 0.493 e. The summed E-state index contributed by atoms with van der Waals surface area (Å²) in [5.41, 5.74) is 1.04. The van der Waals surface area contributed by atoms with E-state index in [9.17, 15) is 0 Å². The molecule has 1 atom stereocenters. The number of nitrogens with one attached hydrogen (secondary N) is 1. The van der Waals surface area contributed by atoms with Gasteiger partial charge in [-0.05, 0) is 21.1 Å². The summed E-state index contributed by atoms with van der Waals surface area (Å²) in [4.78, 5) is 2.13. The van der Waals surface area contributed by atoms with E-state index in [0.717, 1.165) is 31.0 Å². The monoisotopic (exact) mass is 298 g/mol. The third-order valence-electron chi connectivity index (χ3n) is 3.62. The van der Waals surface area contributed by atoms with Crippen LogP contribution in [0.4, 0.5) is 0 Å². The predicted molar refractivity (Wildman–Crippen MR) is 79.4 cm³/mol. The molecule has 2 rings (SSSR count). The van der Waals surface area contributed by atoms with Gasteiger partial charge in [0.2, 0.25) is 0 Å². The lowest BCUT2D eigenvalue weighted by Gasteiger charge is -2.22. The summed E-state index contributed by atoms with van der Waals surface area (Å²) >= 11 is 0. The lowest BCUT2D eigenvalue weighted by Crippen LogP contribution is -2.28. The Balaban J connectivity index is 2.14. The zero-order valence-corrected chi connectivity index (χ0v) is 13.3. The first kappa shape index (κ1) is 16.2. The normalized spacial score (nSPS) is 17.6. The molecular formula is C14H26N4O3. The highest BCUT2D eigenvalue weighted by Gasteiger charge is 2.26. The third kappa shape index (κ3) is 4.16. The standard InChI is InChI=1S/C14H26N4O3/c1-15-11(9-13-20-7-8-21-13)14-12(19-4)10-16-18(14)6-5-17(2)3/h10-11,13,15H,5-9H2,1-4H3. The molecule has 1 saturated heterocycles. The Morgan fingerprint density at radius 1 is 1.48 bits per heavy atom. The van der Waals surface area contributed by atoms with Gasteiger partial charge < -0.3 is 24.4 Å². The number of likely N-dealkylation sites (N-methyl/N-ethyl adjacent to an activating group) is 1. The van der Waals surface area contributed by atoms with Gasteiger partial charge in [0.05, 0.1) is 44.8 Å². The lowest BCUT2D eigenvalue weighted by molar-refractivity contribution is -0.0531. The van der Waals surface area contributed by atoms with Crippen LogP contribution in [-0.4, -0.2) is 69.0 Å². The minimum absolute atomic E-state index is 0.0766. The van der Waals surface area contributed by atoms with E-state index in [-0.39, 0.29) is 12.3 Å². The number of hydrogen-bond donors (Lipinski definition) is 1. The first-order valence-electron chi connectivity index (χ1n) is 7.30. The Morgan fingerprint density at radius 2 is 2.19 bits per heavy atom. The maximum Gasteiger partial charge on any atom is 0.161 e. The first-order chi connectivity index (χ1) is 10.2. The summed E-state index contributed by atoms with van der Waals surface area (Å²) in [6.45, 7) is 3.07. The molecule has 1 unspecified atom stereocenters. The molecule has 0 amide bonds. The molecule has 7 heteroatoms. The van der Waals surface area contributed by atoms with Crippen molar-refractivity contribution in [3.63, 3.8) is 0 Å². The van der Waals surface area contributed by atoms with Crippen LogP contribution in [0.15, 0.2) is 6.20 Å². The van der Waals surface area contributed by atoms with Gasteiger partial charge in [-0.2, -0.15) is 5.10 Å². The molecule has 0 spiro atoms. The zero-order chi connectivity index (χ0) is 15.2. The van der Waals surface area contributed by atoms with E-state index in [4.69, 9.17) is 14.2 Å². The fourth-order valence-electron chi connectivity index (χ4n) is 2.46. The van der Waals surface area contributed by atoms with Crippen molar-refractivity contribution in [2.24, 2.45) is 0 Å². The van der Waals surface area contributed by atoms with Crippen LogP contribution in [0.2, 0.25) is 0 Å². The molecule has 1 aromatic rings. The van der Waals surface area contributed by atoms with E-state index < -0.39 is 0 Å². The molecule has 1 fully saturated rings. The minimum Gasteiger partial charge on any atom is -0.493 e. The molecule has 0 aliphatic carbocycles. The van der Waals surface area contributed by atoms with E-state index in [0.29, 0.717) is 13.2 Å². The number of methoxy groups -OCH3 is 1. The SMILES string of the molecule is CNC(CC1OCCO1)c1c(OC)cnn1CCN(C)C. The van der Waals surface area contributed by atoms with Gasteiger partial charge >= 0.3 is 0 Å². The van der Waals surface area contributed by atoms with Crippen molar-refractivity contribution >= 4 is 0 Å². The molecule has 0 saturated carbocycles. The molecule has 0 aromatic carbocycles. The smallest absolute Gasteiger partial charge is 0.161 e. The number of nitrogens with zero attached hydrogens (tertiary/aromatic N) is 3. The number of rotatable bonds is 8. The molecule has 21 heavy (non-hydrogen) atoms. The molecule has 7 nitrogen and oxygen atoms in total. The Bertz CT molecular complexity index is 430. The third-order valence-corrected chi connectivity index (χ3v) is 3.62. The van der Waals surface area contributed by atoms with E-state index in [1.54, 1.807) is 13.3 Å². The summed E-state index contributed by atoms with van der Waals surface area (Å²) in [5, 5.41) is 7.77. The van der Waals surface area contributed by atoms with E-state index in [2.05, 4.69) is 29.4 Å². The Labute approximate surface area is 126 Å². The number of ether oxygens (including phenoxy) is 3. The van der Waals surface area contributed by atoms with E-state index >= 15 is 0 Å². The predicted octanol–water partition coefficient (Wildman–Crippen LogP) is 0.477. The van der Waals surface area contributed by atoms with Gasteiger partial charge in [-0.25, -0.2) is 0 Å². The van der Waals surface area contributed by atoms with Crippen LogP contribution in [0.25, 0.3) is 0 Å². The van der Waals surface area contributed by atoms with E-state index in [1.165, 1.54) is 0 Å². The summed E-state index contributed by atoms with van der Waals surface area (Å²) in [6, 6.07) is 0.0766. The molecule has 0 bridgehead atoms. The minimum atomic E-state index is -0.163. The summed E-state index contributed by atoms with van der Waals surface area (Å²) in [6.07, 6.45) is 2.34. The van der Waals surface area contributed by atoms with Gasteiger partial charge in [0.1, 0.15) is 0 Å². The van der Waals surface area contributed by atoms with Gasteiger partial charge in [0, 0.05) is 13.0 Å². The number of aromatic nitrogens is 2. The molecule has 1 aromatic heterocycles. The van der Waals surface area contributed by atoms with Crippen molar-refractivity contribution in [3.8, 4) is 5.75 Å². The fourth-order valence-corrected chi connectivity index (χ4v) is 2.46. The summed E-state index contributed by atoms with van der Waals surface area (Å²) in [5.74, 6) is 0.797. The van der Waals surface area contributed by atoms with Crippen molar-refractivity contribution in [2.75, 3.05) is 48.0 Å². The summed E-state index contributed by atoms with van der Waals surface area (Å²) < 4.78 is 18.6. The zero-order valence-electron chi connectivity index (χ0n) is 13.3. The van der Waals surface area contributed by atoms with Gasteiger partial charge in [-0.3, -0.25) is 4.68 Å². The first-order valence-corrected chi connectivity index (χ1v) is 7.30. The van der Waals surface area contributed by atoms with Crippen LogP contribution < -0.4 is 10.1 Å².